The van der Waals surface area contributed by atoms with Gasteiger partial charge in [-0.3, -0.25) is 9.59 Å². The van der Waals surface area contributed by atoms with Crippen LogP contribution in [-0.4, -0.2) is 30.1 Å². The van der Waals surface area contributed by atoms with Crippen LogP contribution < -0.4 is 10.6 Å². The quantitative estimate of drug-likeness (QED) is 0.715. The largest absolute Gasteiger partial charge is 0.480 e. The Balaban J connectivity index is 2.90. The number of carbonyl (C=O) groups excluding carboxylic acids is 1. The zero-order valence-electron chi connectivity index (χ0n) is 9.30. The fraction of sp³-hybridized carbons (Fsp3) is 0.167. The molecule has 5 nitrogen and oxygen atoms in total. The zero-order chi connectivity index (χ0) is 12.8. The predicted octanol–water partition coefficient (Wildman–Crippen LogP) is 0.862. The number of aliphatic carboxylic acids is 1. The fourth-order valence-corrected chi connectivity index (χ4v) is 1.42. The molecule has 1 rings (SSSR count). The second-order valence-corrected chi connectivity index (χ2v) is 3.47. The standard InChI is InChI=1S/C12H14N2O3/c1-2-7-14(8-11(15)16)10-5-3-9(4-6-10)12(13)17/h2-6H,1,7-8H2,(H2,13,17)(H,15,16). The second kappa shape index (κ2) is 5.69. The molecule has 5 heteroatoms. The molecule has 0 saturated carbocycles. The second-order valence-electron chi connectivity index (χ2n) is 3.47. The highest BCUT2D eigenvalue weighted by molar-refractivity contribution is 5.93. The van der Waals surface area contributed by atoms with Gasteiger partial charge in [-0.25, -0.2) is 0 Å². The molecular formula is C12H14N2O3. The fourth-order valence-electron chi connectivity index (χ4n) is 1.42. The van der Waals surface area contributed by atoms with Gasteiger partial charge in [-0.05, 0) is 24.3 Å². The lowest BCUT2D eigenvalue weighted by Crippen LogP contribution is -2.29. The van der Waals surface area contributed by atoms with Crippen molar-refractivity contribution in [1.82, 2.24) is 0 Å². The van der Waals surface area contributed by atoms with Crippen molar-refractivity contribution in [2.75, 3.05) is 18.0 Å². The molecule has 0 spiro atoms. The summed E-state index contributed by atoms with van der Waals surface area (Å²) >= 11 is 0. The summed E-state index contributed by atoms with van der Waals surface area (Å²) in [5, 5.41) is 8.76. The van der Waals surface area contributed by atoms with Crippen LogP contribution in [0.4, 0.5) is 5.69 Å². The van der Waals surface area contributed by atoms with E-state index in [0.29, 0.717) is 17.8 Å². The molecule has 0 aliphatic rings. The number of carboxylic acid groups (broad SMARTS) is 1. The van der Waals surface area contributed by atoms with E-state index in [1.165, 1.54) is 0 Å². The Morgan fingerprint density at radius 2 is 1.94 bits per heavy atom. The summed E-state index contributed by atoms with van der Waals surface area (Å²) in [6, 6.07) is 6.45. The maximum Gasteiger partial charge on any atom is 0.323 e. The molecular weight excluding hydrogens is 220 g/mol. The van der Waals surface area contributed by atoms with Gasteiger partial charge in [0.25, 0.3) is 0 Å². The number of hydrogen-bond acceptors (Lipinski definition) is 3. The number of benzene rings is 1. The van der Waals surface area contributed by atoms with Gasteiger partial charge >= 0.3 is 5.97 Å². The number of hydrogen-bond donors (Lipinski definition) is 2. The molecule has 0 radical (unpaired) electrons. The summed E-state index contributed by atoms with van der Waals surface area (Å²) in [4.78, 5) is 23.2. The topological polar surface area (TPSA) is 83.6 Å². The Hall–Kier alpha value is -2.30. The lowest BCUT2D eigenvalue weighted by Gasteiger charge is -2.21. The van der Waals surface area contributed by atoms with Gasteiger partial charge in [-0.15, -0.1) is 6.58 Å². The molecule has 0 unspecified atom stereocenters. The molecule has 90 valence electrons. The van der Waals surface area contributed by atoms with Gasteiger partial charge in [0.2, 0.25) is 5.91 Å². The van der Waals surface area contributed by atoms with Crippen LogP contribution in [0.5, 0.6) is 0 Å². The van der Waals surface area contributed by atoms with Gasteiger partial charge < -0.3 is 15.7 Å². The monoisotopic (exact) mass is 234 g/mol. The molecule has 0 aliphatic heterocycles. The van der Waals surface area contributed by atoms with E-state index in [-0.39, 0.29) is 6.54 Å². The molecule has 1 aromatic carbocycles. The molecule has 0 atom stereocenters. The van der Waals surface area contributed by atoms with Crippen LogP contribution in [0.3, 0.4) is 0 Å². The number of amides is 1. The average molecular weight is 234 g/mol. The molecule has 17 heavy (non-hydrogen) atoms. The first-order valence-corrected chi connectivity index (χ1v) is 5.02. The maximum absolute atomic E-state index is 10.9. The van der Waals surface area contributed by atoms with E-state index < -0.39 is 11.9 Å². The number of carbonyl (C=O) groups is 2. The Bertz CT molecular complexity index is 426. The summed E-state index contributed by atoms with van der Waals surface area (Å²) in [5.74, 6) is -1.43. The van der Waals surface area contributed by atoms with E-state index in [9.17, 15) is 9.59 Å². The maximum atomic E-state index is 10.9. The Kier molecular flexibility index (Phi) is 4.28. The van der Waals surface area contributed by atoms with Crippen molar-refractivity contribution in [3.05, 3.63) is 42.5 Å². The van der Waals surface area contributed by atoms with Gasteiger partial charge in [0.15, 0.2) is 0 Å². The minimum atomic E-state index is -0.925. The summed E-state index contributed by atoms with van der Waals surface area (Å²) < 4.78 is 0. The Morgan fingerprint density at radius 3 is 2.35 bits per heavy atom. The molecule has 1 aromatic rings. The van der Waals surface area contributed by atoms with Crippen LogP contribution in [0.2, 0.25) is 0 Å². The van der Waals surface area contributed by atoms with Gasteiger partial charge in [0.1, 0.15) is 6.54 Å². The highest BCUT2D eigenvalue weighted by atomic mass is 16.4. The van der Waals surface area contributed by atoms with Crippen LogP contribution in [0.25, 0.3) is 0 Å². The number of primary amides is 1. The van der Waals surface area contributed by atoms with E-state index in [0.717, 1.165) is 0 Å². The van der Waals surface area contributed by atoms with Crippen molar-refractivity contribution in [3.8, 4) is 0 Å². The van der Waals surface area contributed by atoms with E-state index in [4.69, 9.17) is 10.8 Å². The first-order chi connectivity index (χ1) is 8.04. The summed E-state index contributed by atoms with van der Waals surface area (Å²) in [5.41, 5.74) is 6.21. The lowest BCUT2D eigenvalue weighted by molar-refractivity contribution is -0.135. The SMILES string of the molecule is C=CCN(CC(=O)O)c1ccc(C(N)=O)cc1. The molecule has 0 aliphatic carbocycles. The predicted molar refractivity (Wildman–Crippen MR) is 65.0 cm³/mol. The van der Waals surface area contributed by atoms with Crippen LogP contribution in [0.1, 0.15) is 10.4 Å². The van der Waals surface area contributed by atoms with Crippen molar-refractivity contribution >= 4 is 17.6 Å². The van der Waals surface area contributed by atoms with Gasteiger partial charge in [0.05, 0.1) is 0 Å². The third kappa shape index (κ3) is 3.64. The smallest absolute Gasteiger partial charge is 0.323 e. The normalized spacial score (nSPS) is 9.65. The number of nitrogens with two attached hydrogens (primary N) is 1. The molecule has 0 heterocycles. The third-order valence-electron chi connectivity index (χ3n) is 2.19. The van der Waals surface area contributed by atoms with Crippen LogP contribution in [-0.2, 0) is 4.79 Å². The number of carboxylic acids is 1. The van der Waals surface area contributed by atoms with Crippen molar-refractivity contribution in [1.29, 1.82) is 0 Å². The highest BCUT2D eigenvalue weighted by Gasteiger charge is 2.09. The highest BCUT2D eigenvalue weighted by Crippen LogP contribution is 2.14. The van der Waals surface area contributed by atoms with Crippen molar-refractivity contribution in [2.24, 2.45) is 5.73 Å². The molecule has 0 fully saturated rings. The third-order valence-corrected chi connectivity index (χ3v) is 2.19. The first-order valence-electron chi connectivity index (χ1n) is 5.02. The molecule has 0 bridgehead atoms. The van der Waals surface area contributed by atoms with Gasteiger partial charge in [0, 0.05) is 17.8 Å². The van der Waals surface area contributed by atoms with Crippen LogP contribution >= 0.6 is 0 Å². The van der Waals surface area contributed by atoms with Crippen molar-refractivity contribution in [3.63, 3.8) is 0 Å². The van der Waals surface area contributed by atoms with Gasteiger partial charge in [-0.1, -0.05) is 6.08 Å². The molecule has 0 aromatic heterocycles. The van der Waals surface area contributed by atoms with Crippen LogP contribution in [0, 0.1) is 0 Å². The van der Waals surface area contributed by atoms with E-state index >= 15 is 0 Å². The number of anilines is 1. The Morgan fingerprint density at radius 1 is 1.35 bits per heavy atom. The van der Waals surface area contributed by atoms with E-state index in [2.05, 4.69) is 6.58 Å². The van der Waals surface area contributed by atoms with E-state index in [1.807, 2.05) is 0 Å². The Labute approximate surface area is 99.1 Å². The summed E-state index contributed by atoms with van der Waals surface area (Å²) in [6.07, 6.45) is 1.62. The van der Waals surface area contributed by atoms with Crippen molar-refractivity contribution < 1.29 is 14.7 Å². The van der Waals surface area contributed by atoms with Crippen molar-refractivity contribution in [2.45, 2.75) is 0 Å². The van der Waals surface area contributed by atoms with Gasteiger partial charge in [-0.2, -0.15) is 0 Å². The molecule has 0 saturated heterocycles. The lowest BCUT2D eigenvalue weighted by atomic mass is 10.2. The minimum Gasteiger partial charge on any atom is -0.480 e. The zero-order valence-corrected chi connectivity index (χ0v) is 9.30. The minimum absolute atomic E-state index is 0.123. The van der Waals surface area contributed by atoms with Crippen LogP contribution in [0.15, 0.2) is 36.9 Å². The van der Waals surface area contributed by atoms with E-state index in [1.54, 1.807) is 35.2 Å². The molecule has 3 N–H and O–H groups in total. The number of rotatable bonds is 6. The summed E-state index contributed by atoms with van der Waals surface area (Å²) in [7, 11) is 0. The summed E-state index contributed by atoms with van der Waals surface area (Å²) in [6.45, 7) is 3.87. The number of nitrogens with zero attached hydrogens (tertiary/aromatic N) is 1. The first kappa shape index (κ1) is 12.8. The molecule has 1 amide bonds. The average Bonchev–Trinajstić information content (AvgIpc) is 2.28.